The highest BCUT2D eigenvalue weighted by Gasteiger charge is 2.51. The number of pyridine rings is 1. The molecule has 108 valence electrons. The molecule has 2 rings (SSSR count). The van der Waals surface area contributed by atoms with E-state index in [0.29, 0.717) is 10.7 Å². The van der Waals surface area contributed by atoms with Crippen LogP contribution in [0.2, 0.25) is 5.02 Å². The Morgan fingerprint density at radius 3 is 2.35 bits per heavy atom. The van der Waals surface area contributed by atoms with Crippen molar-refractivity contribution in [3.8, 4) is 0 Å². The molecule has 0 unspecified atom stereocenters. The van der Waals surface area contributed by atoms with Crippen LogP contribution in [0.25, 0.3) is 0 Å². The fourth-order valence-electron chi connectivity index (χ4n) is 1.88. The third-order valence-corrected chi connectivity index (χ3v) is 4.13. The van der Waals surface area contributed by atoms with Gasteiger partial charge in [0, 0.05) is 11.7 Å². The van der Waals surface area contributed by atoms with Gasteiger partial charge in [-0.05, 0) is 33.8 Å². The average molecular weight is 297 g/mol. The van der Waals surface area contributed by atoms with Gasteiger partial charge in [-0.15, -0.1) is 0 Å². The zero-order chi connectivity index (χ0) is 15.1. The minimum atomic E-state index is -0.521. The van der Waals surface area contributed by atoms with E-state index in [4.69, 9.17) is 26.6 Å². The second-order valence-electron chi connectivity index (χ2n) is 5.93. The monoisotopic (exact) mass is 296 g/mol. The maximum Gasteiger partial charge on any atom is 0.496 e. The molecule has 20 heavy (non-hydrogen) atoms. The summed E-state index contributed by atoms with van der Waals surface area (Å²) in [5.41, 5.74) is 5.48. The van der Waals surface area contributed by atoms with Gasteiger partial charge in [0.1, 0.15) is 0 Å². The van der Waals surface area contributed by atoms with Crippen molar-refractivity contribution in [3.63, 3.8) is 0 Å². The summed E-state index contributed by atoms with van der Waals surface area (Å²) in [6.07, 6.45) is 1.62. The van der Waals surface area contributed by atoms with Crippen LogP contribution in [-0.4, -0.2) is 29.2 Å². The molecule has 0 aromatic carbocycles. The number of amides is 1. The zero-order valence-electron chi connectivity index (χ0n) is 12.1. The van der Waals surface area contributed by atoms with E-state index in [-0.39, 0.29) is 6.42 Å². The number of nitrogens with two attached hydrogens (primary N) is 1. The van der Waals surface area contributed by atoms with E-state index in [0.717, 1.165) is 5.46 Å². The second-order valence-corrected chi connectivity index (χ2v) is 6.34. The molecule has 0 bridgehead atoms. The van der Waals surface area contributed by atoms with Crippen molar-refractivity contribution in [2.24, 2.45) is 5.73 Å². The highest BCUT2D eigenvalue weighted by atomic mass is 35.5. The molecule has 1 fully saturated rings. The minimum absolute atomic E-state index is 0.0163. The molecule has 1 aromatic heterocycles. The van der Waals surface area contributed by atoms with Crippen molar-refractivity contribution in [1.29, 1.82) is 0 Å². The third kappa shape index (κ3) is 2.82. The number of halogens is 1. The first-order valence-corrected chi connectivity index (χ1v) is 6.78. The molecule has 1 aromatic rings. The standard InChI is InChI=1S/C13H18BClN2O3/c1-12(2)13(3,4)20-14(19-12)8-5-9(15)10(17-7-8)6-11(16)18/h5,7H,6H2,1-4H3,(H2,16,18). The Hall–Kier alpha value is -1.11. The van der Waals surface area contributed by atoms with Crippen LogP contribution < -0.4 is 11.2 Å². The fraction of sp³-hybridized carbons (Fsp3) is 0.538. The van der Waals surface area contributed by atoms with Crippen molar-refractivity contribution in [3.05, 3.63) is 23.0 Å². The number of nitrogens with zero attached hydrogens (tertiary/aromatic N) is 1. The van der Waals surface area contributed by atoms with E-state index in [1.165, 1.54) is 0 Å². The second kappa shape index (κ2) is 5.02. The Balaban J connectivity index is 2.24. The number of carbonyl (C=O) groups excluding carboxylic acids is 1. The summed E-state index contributed by atoms with van der Waals surface area (Å²) >= 11 is 6.11. The van der Waals surface area contributed by atoms with Crippen LogP contribution in [0.3, 0.4) is 0 Å². The Bertz CT molecular complexity index is 532. The van der Waals surface area contributed by atoms with E-state index < -0.39 is 24.2 Å². The summed E-state index contributed by atoms with van der Waals surface area (Å²) in [6.45, 7) is 7.90. The topological polar surface area (TPSA) is 74.4 Å². The average Bonchev–Trinajstić information content (AvgIpc) is 2.50. The Labute approximate surface area is 123 Å². The summed E-state index contributed by atoms with van der Waals surface area (Å²) < 4.78 is 11.8. The van der Waals surface area contributed by atoms with Gasteiger partial charge in [-0.3, -0.25) is 9.78 Å². The van der Waals surface area contributed by atoms with Gasteiger partial charge in [0.2, 0.25) is 5.91 Å². The molecular weight excluding hydrogens is 278 g/mol. The molecule has 1 aliphatic rings. The summed E-state index contributed by atoms with van der Waals surface area (Å²) in [7, 11) is -0.521. The lowest BCUT2D eigenvalue weighted by atomic mass is 9.80. The number of carbonyl (C=O) groups is 1. The summed E-state index contributed by atoms with van der Waals surface area (Å²) in [6, 6.07) is 1.70. The van der Waals surface area contributed by atoms with Crippen LogP contribution in [-0.2, 0) is 20.5 Å². The molecule has 0 atom stereocenters. The molecule has 7 heteroatoms. The molecule has 0 saturated carbocycles. The van der Waals surface area contributed by atoms with Crippen LogP contribution in [0.1, 0.15) is 33.4 Å². The minimum Gasteiger partial charge on any atom is -0.399 e. The Morgan fingerprint density at radius 1 is 1.35 bits per heavy atom. The number of rotatable bonds is 3. The lowest BCUT2D eigenvalue weighted by molar-refractivity contribution is -0.117. The van der Waals surface area contributed by atoms with Gasteiger partial charge in [0.05, 0.1) is 28.3 Å². The SMILES string of the molecule is CC1(C)OB(c2cnc(CC(N)=O)c(Cl)c2)OC1(C)C. The van der Waals surface area contributed by atoms with Crippen LogP contribution in [0, 0.1) is 0 Å². The number of aromatic nitrogens is 1. The lowest BCUT2D eigenvalue weighted by Crippen LogP contribution is -2.41. The van der Waals surface area contributed by atoms with Gasteiger partial charge in [-0.25, -0.2) is 0 Å². The molecule has 1 aliphatic heterocycles. The van der Waals surface area contributed by atoms with E-state index in [1.54, 1.807) is 12.3 Å². The molecule has 0 spiro atoms. The summed E-state index contributed by atoms with van der Waals surface area (Å²) in [4.78, 5) is 15.1. The maximum atomic E-state index is 10.9. The first-order chi connectivity index (χ1) is 9.12. The molecule has 5 nitrogen and oxygen atoms in total. The van der Waals surface area contributed by atoms with Gasteiger partial charge in [0.15, 0.2) is 0 Å². The van der Waals surface area contributed by atoms with Crippen molar-refractivity contribution in [1.82, 2.24) is 4.98 Å². The molecule has 0 aliphatic carbocycles. The molecule has 0 radical (unpaired) electrons. The van der Waals surface area contributed by atoms with Gasteiger partial charge in [-0.2, -0.15) is 0 Å². The Kier molecular flexibility index (Phi) is 3.84. The summed E-state index contributed by atoms with van der Waals surface area (Å²) in [5.74, 6) is -0.470. The molecular formula is C13H18BClN2O3. The van der Waals surface area contributed by atoms with E-state index in [2.05, 4.69) is 4.98 Å². The number of hydrogen-bond acceptors (Lipinski definition) is 4. The largest absolute Gasteiger partial charge is 0.496 e. The smallest absolute Gasteiger partial charge is 0.399 e. The lowest BCUT2D eigenvalue weighted by Gasteiger charge is -2.32. The summed E-state index contributed by atoms with van der Waals surface area (Å²) in [5, 5.41) is 0.385. The third-order valence-electron chi connectivity index (χ3n) is 3.81. The van der Waals surface area contributed by atoms with Crippen LogP contribution in [0.15, 0.2) is 12.3 Å². The molecule has 1 amide bonds. The van der Waals surface area contributed by atoms with Crippen molar-refractivity contribution in [2.75, 3.05) is 0 Å². The predicted molar refractivity (Wildman–Crippen MR) is 77.9 cm³/mol. The molecule has 2 heterocycles. The molecule has 1 saturated heterocycles. The van der Waals surface area contributed by atoms with Gasteiger partial charge in [0.25, 0.3) is 0 Å². The van der Waals surface area contributed by atoms with E-state index >= 15 is 0 Å². The first-order valence-electron chi connectivity index (χ1n) is 6.41. The fourth-order valence-corrected chi connectivity index (χ4v) is 2.13. The quantitative estimate of drug-likeness (QED) is 0.847. The van der Waals surface area contributed by atoms with Crippen LogP contribution >= 0.6 is 11.6 Å². The number of primary amides is 1. The zero-order valence-corrected chi connectivity index (χ0v) is 12.8. The van der Waals surface area contributed by atoms with E-state index in [1.807, 2.05) is 27.7 Å². The number of hydrogen-bond donors (Lipinski definition) is 1. The first kappa shape index (κ1) is 15.3. The maximum absolute atomic E-state index is 10.9. The van der Waals surface area contributed by atoms with Crippen molar-refractivity contribution < 1.29 is 14.1 Å². The highest BCUT2D eigenvalue weighted by molar-refractivity contribution is 6.62. The predicted octanol–water partition coefficient (Wildman–Crippen LogP) is 1.06. The normalized spacial score (nSPS) is 20.1. The van der Waals surface area contributed by atoms with Crippen molar-refractivity contribution >= 4 is 30.1 Å². The Morgan fingerprint density at radius 2 is 1.90 bits per heavy atom. The highest BCUT2D eigenvalue weighted by Crippen LogP contribution is 2.36. The van der Waals surface area contributed by atoms with Crippen molar-refractivity contribution in [2.45, 2.75) is 45.3 Å². The van der Waals surface area contributed by atoms with E-state index in [9.17, 15) is 4.79 Å². The van der Waals surface area contributed by atoms with Crippen LogP contribution in [0.4, 0.5) is 0 Å². The molecule has 2 N–H and O–H groups in total. The van der Waals surface area contributed by atoms with Gasteiger partial charge in [-0.1, -0.05) is 11.6 Å². The van der Waals surface area contributed by atoms with Crippen LogP contribution in [0.5, 0.6) is 0 Å². The van der Waals surface area contributed by atoms with Gasteiger partial charge >= 0.3 is 7.12 Å². The van der Waals surface area contributed by atoms with Gasteiger partial charge < -0.3 is 15.0 Å².